The Morgan fingerprint density at radius 3 is 3.00 bits per heavy atom. The second-order valence-electron chi connectivity index (χ2n) is 8.20. The Bertz CT molecular complexity index is 749. The molecule has 0 radical (unpaired) electrons. The van der Waals surface area contributed by atoms with Crippen molar-refractivity contribution in [3.8, 4) is 11.5 Å². The van der Waals surface area contributed by atoms with Crippen molar-refractivity contribution in [3.63, 3.8) is 0 Å². The van der Waals surface area contributed by atoms with Crippen molar-refractivity contribution >= 4 is 5.91 Å². The summed E-state index contributed by atoms with van der Waals surface area (Å²) in [5, 5.41) is 3.18. The summed E-state index contributed by atoms with van der Waals surface area (Å²) < 4.78 is 12.2. The smallest absolute Gasteiger partial charge is 0.217 e. The van der Waals surface area contributed by atoms with Gasteiger partial charge in [0.25, 0.3) is 0 Å². The summed E-state index contributed by atoms with van der Waals surface area (Å²) in [7, 11) is 3.97. The number of likely N-dealkylation sites (N-methyl/N-ethyl adjacent to an activating group) is 1. The van der Waals surface area contributed by atoms with E-state index in [0.717, 1.165) is 43.7 Å². The zero-order valence-electron chi connectivity index (χ0n) is 15.2. The second kappa shape index (κ2) is 5.13. The fraction of sp³-hybridized carbons (Fsp3) is 0.650. The average molecular weight is 342 g/mol. The predicted molar refractivity (Wildman–Crippen MR) is 94.2 cm³/mol. The predicted octanol–water partition coefficient (Wildman–Crippen LogP) is 1.87. The zero-order valence-corrected chi connectivity index (χ0v) is 15.2. The summed E-state index contributed by atoms with van der Waals surface area (Å²) in [6, 6.07) is 4.94. The maximum absolute atomic E-state index is 11.8. The topological polar surface area (TPSA) is 50.8 Å². The number of benzene rings is 1. The number of methoxy groups -OCH3 is 1. The minimum Gasteiger partial charge on any atom is -0.493 e. The second-order valence-corrected chi connectivity index (χ2v) is 8.20. The minimum atomic E-state index is 0.0247. The van der Waals surface area contributed by atoms with Crippen LogP contribution in [0.25, 0.3) is 0 Å². The van der Waals surface area contributed by atoms with Crippen LogP contribution in [-0.2, 0) is 16.6 Å². The van der Waals surface area contributed by atoms with Crippen molar-refractivity contribution in [2.75, 3.05) is 20.7 Å². The van der Waals surface area contributed by atoms with Crippen LogP contribution in [0.2, 0.25) is 0 Å². The number of ether oxygens (including phenoxy) is 2. The van der Waals surface area contributed by atoms with Gasteiger partial charge in [0, 0.05) is 23.9 Å². The molecule has 5 atom stereocenters. The molecule has 1 N–H and O–H groups in total. The average Bonchev–Trinajstić information content (AvgIpc) is 2.94. The van der Waals surface area contributed by atoms with Crippen LogP contribution in [0.15, 0.2) is 12.1 Å². The number of likely N-dealkylation sites (tertiary alicyclic amines) is 1. The minimum absolute atomic E-state index is 0.0247. The van der Waals surface area contributed by atoms with Crippen molar-refractivity contribution < 1.29 is 14.3 Å². The molecule has 2 bridgehead atoms. The number of nitrogens with zero attached hydrogens (tertiary/aromatic N) is 1. The number of nitrogens with one attached hydrogen (secondary N) is 1. The molecule has 1 amide bonds. The van der Waals surface area contributed by atoms with Crippen LogP contribution >= 0.6 is 0 Å². The molecule has 1 aromatic rings. The standard InChI is InChI=1S/C20H26N2O3/c1-11(23)21-14-6-5-13-15-10-12-4-7-16(24-3)18-17(12)20(13,19(14)25-18)8-9-22(15)2/h4,7,13-15,19H,5-6,8-10H2,1-3H3,(H,21,23)/t13?,14-,15+,19-,20-/m0/s1. The Morgan fingerprint density at radius 1 is 1.40 bits per heavy atom. The van der Waals surface area contributed by atoms with Crippen LogP contribution in [0.3, 0.4) is 0 Å². The molecule has 2 fully saturated rings. The number of piperidine rings is 1. The molecule has 0 aromatic heterocycles. The van der Waals surface area contributed by atoms with Gasteiger partial charge in [-0.1, -0.05) is 6.07 Å². The Balaban J connectivity index is 1.71. The van der Waals surface area contributed by atoms with Gasteiger partial charge >= 0.3 is 0 Å². The summed E-state index contributed by atoms with van der Waals surface area (Å²) in [5.74, 6) is 2.41. The number of hydrogen-bond donors (Lipinski definition) is 1. The normalized spacial score (nSPS) is 37.9. The number of amides is 1. The molecule has 134 valence electrons. The molecule has 4 aliphatic rings. The first-order valence-corrected chi connectivity index (χ1v) is 9.40. The molecule has 25 heavy (non-hydrogen) atoms. The van der Waals surface area contributed by atoms with E-state index < -0.39 is 0 Å². The summed E-state index contributed by atoms with van der Waals surface area (Å²) in [6.07, 6.45) is 4.36. The largest absolute Gasteiger partial charge is 0.493 e. The lowest BCUT2D eigenvalue weighted by Crippen LogP contribution is -2.68. The summed E-state index contributed by atoms with van der Waals surface area (Å²) in [5.41, 5.74) is 2.83. The third-order valence-electron chi connectivity index (χ3n) is 7.19. The molecule has 2 aliphatic heterocycles. The molecule has 1 saturated heterocycles. The highest BCUT2D eigenvalue weighted by molar-refractivity contribution is 5.73. The van der Waals surface area contributed by atoms with E-state index in [4.69, 9.17) is 9.47 Å². The molecule has 1 aromatic carbocycles. The lowest BCUT2D eigenvalue weighted by Gasteiger charge is -2.59. The molecule has 1 spiro atoms. The van der Waals surface area contributed by atoms with Crippen molar-refractivity contribution in [1.82, 2.24) is 10.2 Å². The van der Waals surface area contributed by atoms with Gasteiger partial charge in [-0.05, 0) is 56.8 Å². The molecule has 2 heterocycles. The van der Waals surface area contributed by atoms with Gasteiger partial charge in [-0.3, -0.25) is 4.79 Å². The fourth-order valence-corrected chi connectivity index (χ4v) is 6.30. The first-order chi connectivity index (χ1) is 12.1. The van der Waals surface area contributed by atoms with Crippen LogP contribution in [0.4, 0.5) is 0 Å². The number of hydrogen-bond acceptors (Lipinski definition) is 4. The van der Waals surface area contributed by atoms with Gasteiger partial charge in [0.05, 0.1) is 13.2 Å². The molecule has 2 aliphatic carbocycles. The Labute approximate surface area is 148 Å². The summed E-state index contributed by atoms with van der Waals surface area (Å²) in [4.78, 5) is 14.3. The van der Waals surface area contributed by atoms with E-state index in [-0.39, 0.29) is 23.5 Å². The summed E-state index contributed by atoms with van der Waals surface area (Å²) >= 11 is 0. The first kappa shape index (κ1) is 15.5. The van der Waals surface area contributed by atoms with Crippen LogP contribution in [0, 0.1) is 5.92 Å². The zero-order chi connectivity index (χ0) is 17.3. The van der Waals surface area contributed by atoms with Gasteiger partial charge in [-0.25, -0.2) is 0 Å². The lowest BCUT2D eigenvalue weighted by atomic mass is 9.51. The maximum Gasteiger partial charge on any atom is 0.217 e. The van der Waals surface area contributed by atoms with Crippen LogP contribution in [0.5, 0.6) is 11.5 Å². The quantitative estimate of drug-likeness (QED) is 0.891. The molecular weight excluding hydrogens is 316 g/mol. The van der Waals surface area contributed by atoms with Gasteiger partial charge in [0.1, 0.15) is 6.10 Å². The highest BCUT2D eigenvalue weighted by Gasteiger charge is 2.65. The third kappa shape index (κ3) is 1.85. The SMILES string of the molecule is COc1ccc2c3c1O[C@H]1[C@@H](NC(C)=O)CCC4[C@@H](C2)N(C)CC[C@@]341. The Kier molecular flexibility index (Phi) is 3.18. The Morgan fingerprint density at radius 2 is 2.24 bits per heavy atom. The van der Waals surface area contributed by atoms with Crippen molar-refractivity contribution in [3.05, 3.63) is 23.3 Å². The van der Waals surface area contributed by atoms with E-state index in [1.807, 2.05) is 6.07 Å². The molecule has 5 rings (SSSR count). The molecule has 5 heteroatoms. The number of carbonyl (C=O) groups excluding carboxylic acids is 1. The van der Waals surface area contributed by atoms with Crippen LogP contribution in [0.1, 0.15) is 37.3 Å². The monoisotopic (exact) mass is 342 g/mol. The van der Waals surface area contributed by atoms with Gasteiger partial charge in [-0.15, -0.1) is 0 Å². The third-order valence-corrected chi connectivity index (χ3v) is 7.19. The molecular formula is C20H26N2O3. The van der Waals surface area contributed by atoms with Crippen molar-refractivity contribution in [1.29, 1.82) is 0 Å². The highest BCUT2D eigenvalue weighted by atomic mass is 16.5. The van der Waals surface area contributed by atoms with E-state index >= 15 is 0 Å². The molecule has 1 unspecified atom stereocenters. The Hall–Kier alpha value is -1.75. The molecule has 1 saturated carbocycles. The van der Waals surface area contributed by atoms with Crippen molar-refractivity contribution in [2.24, 2.45) is 5.92 Å². The number of rotatable bonds is 2. The van der Waals surface area contributed by atoms with Crippen LogP contribution in [-0.4, -0.2) is 49.7 Å². The van der Waals surface area contributed by atoms with E-state index in [2.05, 4.69) is 23.3 Å². The van der Waals surface area contributed by atoms with E-state index in [1.54, 1.807) is 14.0 Å². The van der Waals surface area contributed by atoms with Crippen LogP contribution < -0.4 is 14.8 Å². The van der Waals surface area contributed by atoms with Crippen molar-refractivity contribution in [2.45, 2.75) is 56.2 Å². The maximum atomic E-state index is 11.8. The number of carbonyl (C=O) groups is 1. The lowest BCUT2D eigenvalue weighted by molar-refractivity contribution is -0.122. The van der Waals surface area contributed by atoms with Gasteiger partial charge in [0.15, 0.2) is 11.5 Å². The fourth-order valence-electron chi connectivity index (χ4n) is 6.30. The van der Waals surface area contributed by atoms with E-state index in [1.165, 1.54) is 11.1 Å². The van der Waals surface area contributed by atoms with E-state index in [0.29, 0.717) is 12.0 Å². The van der Waals surface area contributed by atoms with Gasteiger partial charge in [0.2, 0.25) is 5.91 Å². The van der Waals surface area contributed by atoms with E-state index in [9.17, 15) is 4.79 Å². The van der Waals surface area contributed by atoms with Gasteiger partial charge in [-0.2, -0.15) is 0 Å². The van der Waals surface area contributed by atoms with Gasteiger partial charge < -0.3 is 19.7 Å². The summed E-state index contributed by atoms with van der Waals surface area (Å²) in [6.45, 7) is 2.69. The molecule has 5 nitrogen and oxygen atoms in total. The highest BCUT2D eigenvalue weighted by Crippen LogP contribution is 2.63. The first-order valence-electron chi connectivity index (χ1n) is 9.40.